The molecule has 0 radical (unpaired) electrons. The van der Waals surface area contributed by atoms with Crippen molar-refractivity contribution in [2.24, 2.45) is 0 Å². The number of benzene rings is 2. The standard InChI is InChI=1S/C20H21ClN2O2/c1-4-14-5-7-18-15(11-14)9-10-23(18)13(2)20(24)22-17-12-16(21)6-8-19(17)25-3/h5-13H,4H2,1-3H3,(H,22,24). The second-order valence-corrected chi connectivity index (χ2v) is 6.42. The van der Waals surface area contributed by atoms with Crippen LogP contribution in [0.1, 0.15) is 25.5 Å². The molecule has 0 aliphatic heterocycles. The van der Waals surface area contributed by atoms with Gasteiger partial charge in [-0.3, -0.25) is 4.79 Å². The molecule has 5 heteroatoms. The molecule has 1 heterocycles. The molecule has 3 aromatic rings. The lowest BCUT2D eigenvalue weighted by molar-refractivity contribution is -0.118. The second-order valence-electron chi connectivity index (χ2n) is 5.98. The molecule has 130 valence electrons. The number of hydrogen-bond donors (Lipinski definition) is 1. The highest BCUT2D eigenvalue weighted by atomic mass is 35.5. The summed E-state index contributed by atoms with van der Waals surface area (Å²) >= 11 is 6.03. The van der Waals surface area contributed by atoms with Gasteiger partial charge in [-0.15, -0.1) is 0 Å². The van der Waals surface area contributed by atoms with Gasteiger partial charge in [0.1, 0.15) is 11.8 Å². The number of amides is 1. The molecule has 0 aliphatic carbocycles. The number of nitrogens with zero attached hydrogens (tertiary/aromatic N) is 1. The van der Waals surface area contributed by atoms with Crippen LogP contribution in [0.2, 0.25) is 5.02 Å². The van der Waals surface area contributed by atoms with Gasteiger partial charge in [0, 0.05) is 16.7 Å². The molecule has 1 aromatic heterocycles. The Labute approximate surface area is 152 Å². The van der Waals surface area contributed by atoms with Crippen LogP contribution < -0.4 is 10.1 Å². The van der Waals surface area contributed by atoms with E-state index in [1.165, 1.54) is 5.56 Å². The van der Waals surface area contributed by atoms with Gasteiger partial charge < -0.3 is 14.6 Å². The molecule has 25 heavy (non-hydrogen) atoms. The highest BCUT2D eigenvalue weighted by molar-refractivity contribution is 6.31. The number of anilines is 1. The van der Waals surface area contributed by atoms with Crippen LogP contribution in [0.15, 0.2) is 48.7 Å². The van der Waals surface area contributed by atoms with Crippen molar-refractivity contribution in [1.82, 2.24) is 4.57 Å². The molecule has 2 aromatic carbocycles. The minimum atomic E-state index is -0.367. The fourth-order valence-corrected chi connectivity index (χ4v) is 3.08. The molecular formula is C20H21ClN2O2. The number of aromatic nitrogens is 1. The number of nitrogens with one attached hydrogen (secondary N) is 1. The van der Waals surface area contributed by atoms with Gasteiger partial charge >= 0.3 is 0 Å². The van der Waals surface area contributed by atoms with Crippen LogP contribution in [0.3, 0.4) is 0 Å². The van der Waals surface area contributed by atoms with Crippen LogP contribution in [0.4, 0.5) is 5.69 Å². The molecule has 1 unspecified atom stereocenters. The van der Waals surface area contributed by atoms with Gasteiger partial charge in [0.25, 0.3) is 0 Å². The summed E-state index contributed by atoms with van der Waals surface area (Å²) in [5.74, 6) is 0.451. The Kier molecular flexibility index (Phi) is 5.00. The summed E-state index contributed by atoms with van der Waals surface area (Å²) in [6.07, 6.45) is 2.94. The van der Waals surface area contributed by atoms with Crippen LogP contribution >= 0.6 is 11.6 Å². The van der Waals surface area contributed by atoms with Gasteiger partial charge in [-0.1, -0.05) is 24.6 Å². The first kappa shape index (κ1) is 17.4. The molecule has 0 spiro atoms. The van der Waals surface area contributed by atoms with Crippen molar-refractivity contribution >= 4 is 34.1 Å². The number of hydrogen-bond acceptors (Lipinski definition) is 2. The van der Waals surface area contributed by atoms with E-state index in [0.717, 1.165) is 17.3 Å². The monoisotopic (exact) mass is 356 g/mol. The summed E-state index contributed by atoms with van der Waals surface area (Å²) < 4.78 is 7.26. The number of aryl methyl sites for hydroxylation is 1. The number of ether oxygens (including phenoxy) is 1. The molecule has 4 nitrogen and oxygen atoms in total. The van der Waals surface area contributed by atoms with Crippen molar-refractivity contribution < 1.29 is 9.53 Å². The number of carbonyl (C=O) groups is 1. The Morgan fingerprint density at radius 1 is 1.24 bits per heavy atom. The Morgan fingerprint density at radius 3 is 2.76 bits per heavy atom. The Morgan fingerprint density at radius 2 is 2.04 bits per heavy atom. The molecule has 1 amide bonds. The van der Waals surface area contributed by atoms with E-state index >= 15 is 0 Å². The van der Waals surface area contributed by atoms with E-state index in [-0.39, 0.29) is 11.9 Å². The van der Waals surface area contributed by atoms with Gasteiger partial charge in [0.05, 0.1) is 12.8 Å². The van der Waals surface area contributed by atoms with E-state index < -0.39 is 0 Å². The number of carbonyl (C=O) groups excluding carboxylic acids is 1. The highest BCUT2D eigenvalue weighted by Gasteiger charge is 2.18. The topological polar surface area (TPSA) is 43.3 Å². The highest BCUT2D eigenvalue weighted by Crippen LogP contribution is 2.29. The molecule has 3 rings (SSSR count). The lowest BCUT2D eigenvalue weighted by atomic mass is 10.1. The van der Waals surface area contributed by atoms with Crippen molar-refractivity contribution in [3.8, 4) is 5.75 Å². The fraction of sp³-hybridized carbons (Fsp3) is 0.250. The number of fused-ring (bicyclic) bond motifs is 1. The van der Waals surface area contributed by atoms with Gasteiger partial charge in [0.2, 0.25) is 5.91 Å². The maximum absolute atomic E-state index is 12.7. The maximum atomic E-state index is 12.7. The lowest BCUT2D eigenvalue weighted by Crippen LogP contribution is -2.23. The summed E-state index contributed by atoms with van der Waals surface area (Å²) in [5.41, 5.74) is 2.89. The summed E-state index contributed by atoms with van der Waals surface area (Å²) in [6, 6.07) is 13.2. The van der Waals surface area contributed by atoms with Crippen molar-refractivity contribution in [1.29, 1.82) is 0 Å². The summed E-state index contributed by atoms with van der Waals surface area (Å²) in [7, 11) is 1.56. The zero-order chi connectivity index (χ0) is 18.0. The number of halogens is 1. The quantitative estimate of drug-likeness (QED) is 0.693. The van der Waals surface area contributed by atoms with E-state index in [2.05, 4.69) is 30.4 Å². The normalized spacial score (nSPS) is 12.2. The molecule has 0 bridgehead atoms. The second kappa shape index (κ2) is 7.19. The number of rotatable bonds is 5. The molecule has 0 saturated heterocycles. The molecule has 0 fully saturated rings. The van der Waals surface area contributed by atoms with Gasteiger partial charge in [-0.2, -0.15) is 0 Å². The van der Waals surface area contributed by atoms with Gasteiger partial charge in [0.15, 0.2) is 0 Å². The third kappa shape index (κ3) is 3.49. The van der Waals surface area contributed by atoms with Crippen LogP contribution in [-0.2, 0) is 11.2 Å². The summed E-state index contributed by atoms with van der Waals surface area (Å²) in [4.78, 5) is 12.7. The largest absolute Gasteiger partial charge is 0.495 e. The molecule has 0 saturated carbocycles. The molecule has 1 N–H and O–H groups in total. The predicted octanol–water partition coefficient (Wildman–Crippen LogP) is 5.07. The zero-order valence-electron chi connectivity index (χ0n) is 14.5. The van der Waals surface area contributed by atoms with Crippen LogP contribution in [0, 0.1) is 0 Å². The van der Waals surface area contributed by atoms with E-state index in [1.54, 1.807) is 25.3 Å². The average Bonchev–Trinajstić information content (AvgIpc) is 3.04. The van der Waals surface area contributed by atoms with Crippen LogP contribution in [-0.4, -0.2) is 17.6 Å². The number of methoxy groups -OCH3 is 1. The van der Waals surface area contributed by atoms with Crippen LogP contribution in [0.25, 0.3) is 10.9 Å². The predicted molar refractivity (Wildman–Crippen MR) is 103 cm³/mol. The van der Waals surface area contributed by atoms with E-state index in [1.807, 2.05) is 23.8 Å². The SMILES string of the molecule is CCc1ccc2c(ccn2C(C)C(=O)Nc2cc(Cl)ccc2OC)c1. The van der Waals surface area contributed by atoms with E-state index in [0.29, 0.717) is 16.5 Å². The van der Waals surface area contributed by atoms with Crippen molar-refractivity contribution in [3.63, 3.8) is 0 Å². The minimum Gasteiger partial charge on any atom is -0.495 e. The third-order valence-corrected chi connectivity index (χ3v) is 4.64. The fourth-order valence-electron chi connectivity index (χ4n) is 2.91. The van der Waals surface area contributed by atoms with Gasteiger partial charge in [-0.25, -0.2) is 0 Å². The van der Waals surface area contributed by atoms with E-state index in [9.17, 15) is 4.79 Å². The molecular weight excluding hydrogens is 336 g/mol. The Bertz CT molecular complexity index is 917. The van der Waals surface area contributed by atoms with E-state index in [4.69, 9.17) is 16.3 Å². The summed E-state index contributed by atoms with van der Waals surface area (Å²) in [6.45, 7) is 4.01. The smallest absolute Gasteiger partial charge is 0.247 e. The zero-order valence-corrected chi connectivity index (χ0v) is 15.3. The minimum absolute atomic E-state index is 0.127. The maximum Gasteiger partial charge on any atom is 0.247 e. The Hall–Kier alpha value is -2.46. The molecule has 0 aliphatic rings. The van der Waals surface area contributed by atoms with Crippen molar-refractivity contribution in [2.45, 2.75) is 26.3 Å². The van der Waals surface area contributed by atoms with Crippen molar-refractivity contribution in [3.05, 3.63) is 59.2 Å². The van der Waals surface area contributed by atoms with Crippen LogP contribution in [0.5, 0.6) is 5.75 Å². The Balaban J connectivity index is 1.87. The average molecular weight is 357 g/mol. The third-order valence-electron chi connectivity index (χ3n) is 4.41. The first-order valence-corrected chi connectivity index (χ1v) is 8.65. The molecule has 1 atom stereocenters. The first-order valence-electron chi connectivity index (χ1n) is 8.27. The summed E-state index contributed by atoms with van der Waals surface area (Å²) in [5, 5.41) is 4.59. The van der Waals surface area contributed by atoms with Crippen molar-refractivity contribution in [2.75, 3.05) is 12.4 Å². The lowest BCUT2D eigenvalue weighted by Gasteiger charge is -2.17. The van der Waals surface area contributed by atoms with Gasteiger partial charge in [-0.05, 0) is 60.7 Å². The first-order chi connectivity index (χ1) is 12.0.